The molecule has 246 valence electrons. The topological polar surface area (TPSA) is 169 Å². The van der Waals surface area contributed by atoms with E-state index in [9.17, 15) is 45.2 Å². The van der Waals surface area contributed by atoms with Crippen molar-refractivity contribution < 1.29 is 73.4 Å². The molecule has 0 amide bonds. The molecular weight excluding hydrogens is 624 g/mol. The molecule has 7 aliphatic rings. The van der Waals surface area contributed by atoms with E-state index >= 15 is 0 Å². The SMILES string of the molecule is CC1(OC(=O)C2C3OC4C(OC(=O)C42)C3OC(=O)CCC(=O)OCCC(F)(F)C(F)(F)S(=O)(=O)O)C2CC3CC(C2)CC1C3. The van der Waals surface area contributed by atoms with E-state index in [4.69, 9.17) is 23.5 Å². The van der Waals surface area contributed by atoms with Crippen LogP contribution in [0.2, 0.25) is 0 Å². The van der Waals surface area contributed by atoms with Gasteiger partial charge < -0.3 is 23.7 Å². The fraction of sp³-hybridized carbons (Fsp3) is 0.852. The van der Waals surface area contributed by atoms with Crippen molar-refractivity contribution in [3.05, 3.63) is 0 Å². The second-order valence-corrected chi connectivity index (χ2v) is 14.5. The van der Waals surface area contributed by atoms with E-state index in [1.165, 1.54) is 6.42 Å². The van der Waals surface area contributed by atoms with Gasteiger partial charge in [-0.05, 0) is 62.7 Å². The molecular formula is C27H32F4O12S. The molecule has 7 rings (SSSR count). The van der Waals surface area contributed by atoms with Crippen LogP contribution in [-0.4, -0.2) is 84.6 Å². The van der Waals surface area contributed by atoms with Crippen molar-refractivity contribution in [2.75, 3.05) is 6.61 Å². The zero-order chi connectivity index (χ0) is 32.0. The highest BCUT2D eigenvalue weighted by Crippen LogP contribution is 2.60. The minimum atomic E-state index is -6.43. The van der Waals surface area contributed by atoms with E-state index in [1.807, 2.05) is 6.92 Å². The number of rotatable bonds is 11. The number of ether oxygens (including phenoxy) is 5. The molecule has 0 radical (unpaired) electrons. The number of carbonyl (C=O) groups is 4. The molecule has 4 aliphatic carbocycles. The Morgan fingerprint density at radius 3 is 2.14 bits per heavy atom. The Morgan fingerprint density at radius 1 is 0.955 bits per heavy atom. The van der Waals surface area contributed by atoms with Gasteiger partial charge in [0.05, 0.1) is 25.9 Å². The summed E-state index contributed by atoms with van der Waals surface area (Å²) in [5, 5.41) is -5.81. The van der Waals surface area contributed by atoms with E-state index in [0.29, 0.717) is 11.8 Å². The van der Waals surface area contributed by atoms with Gasteiger partial charge in [0.15, 0.2) is 12.2 Å². The lowest BCUT2D eigenvalue weighted by Crippen LogP contribution is -2.59. The van der Waals surface area contributed by atoms with Crippen LogP contribution in [0.1, 0.15) is 58.3 Å². The van der Waals surface area contributed by atoms with E-state index in [0.717, 1.165) is 25.7 Å². The highest BCUT2D eigenvalue weighted by atomic mass is 32.2. The summed E-state index contributed by atoms with van der Waals surface area (Å²) in [5.41, 5.74) is -0.674. The second-order valence-electron chi connectivity index (χ2n) is 13.0. The van der Waals surface area contributed by atoms with Gasteiger partial charge in [0.2, 0.25) is 0 Å². The van der Waals surface area contributed by atoms with Crippen molar-refractivity contribution in [3.8, 4) is 0 Å². The Balaban J connectivity index is 1.02. The van der Waals surface area contributed by atoms with E-state index in [1.54, 1.807) is 0 Å². The predicted molar refractivity (Wildman–Crippen MR) is 133 cm³/mol. The summed E-state index contributed by atoms with van der Waals surface area (Å²) in [7, 11) is -6.43. The van der Waals surface area contributed by atoms with Crippen molar-refractivity contribution >= 4 is 34.0 Å². The molecule has 0 aromatic carbocycles. The molecule has 17 heteroatoms. The minimum absolute atomic E-state index is 0.226. The van der Waals surface area contributed by atoms with E-state index in [-0.39, 0.29) is 11.8 Å². The third kappa shape index (κ3) is 4.96. The van der Waals surface area contributed by atoms with Gasteiger partial charge in [-0.1, -0.05) is 0 Å². The van der Waals surface area contributed by atoms with Gasteiger partial charge in [0.25, 0.3) is 0 Å². The van der Waals surface area contributed by atoms with Gasteiger partial charge in [0, 0.05) is 0 Å². The predicted octanol–water partition coefficient (Wildman–Crippen LogP) is 2.42. The molecule has 3 saturated heterocycles. The first-order valence-corrected chi connectivity index (χ1v) is 16.0. The molecule has 0 spiro atoms. The molecule has 1 N–H and O–H groups in total. The monoisotopic (exact) mass is 656 g/mol. The molecule has 6 bridgehead atoms. The highest BCUT2D eigenvalue weighted by Gasteiger charge is 2.73. The van der Waals surface area contributed by atoms with Gasteiger partial charge >= 0.3 is 45.2 Å². The molecule has 4 saturated carbocycles. The normalized spacial score (nSPS) is 40.2. The van der Waals surface area contributed by atoms with Crippen LogP contribution in [0.3, 0.4) is 0 Å². The Morgan fingerprint density at radius 2 is 1.55 bits per heavy atom. The average molecular weight is 657 g/mol. The first-order chi connectivity index (χ1) is 20.4. The van der Waals surface area contributed by atoms with Gasteiger partial charge in [-0.3, -0.25) is 23.7 Å². The van der Waals surface area contributed by atoms with Crippen LogP contribution in [0, 0.1) is 35.5 Å². The first kappa shape index (κ1) is 31.5. The molecule has 0 aromatic rings. The fourth-order valence-electron chi connectivity index (χ4n) is 8.43. The van der Waals surface area contributed by atoms with Crippen LogP contribution in [0.25, 0.3) is 0 Å². The summed E-state index contributed by atoms with van der Waals surface area (Å²) < 4.78 is 110. The molecule has 7 fully saturated rings. The zero-order valence-electron chi connectivity index (χ0n) is 23.5. The van der Waals surface area contributed by atoms with Gasteiger partial charge in [-0.2, -0.15) is 26.0 Å². The molecule has 6 unspecified atom stereocenters. The van der Waals surface area contributed by atoms with Crippen molar-refractivity contribution in [2.24, 2.45) is 35.5 Å². The summed E-state index contributed by atoms with van der Waals surface area (Å²) in [6, 6.07) is 0. The number of fused-ring (bicyclic) bond motifs is 1. The number of hydrogen-bond acceptors (Lipinski definition) is 11. The maximum atomic E-state index is 13.6. The average Bonchev–Trinajstić information content (AvgIpc) is 3.53. The quantitative estimate of drug-likeness (QED) is 0.149. The molecule has 3 heterocycles. The maximum absolute atomic E-state index is 13.6. The van der Waals surface area contributed by atoms with Gasteiger partial charge in [0.1, 0.15) is 29.6 Å². The van der Waals surface area contributed by atoms with Crippen molar-refractivity contribution in [1.82, 2.24) is 0 Å². The smallest absolute Gasteiger partial charge is 0.431 e. The summed E-state index contributed by atoms with van der Waals surface area (Å²) in [6.45, 7) is 0.622. The summed E-state index contributed by atoms with van der Waals surface area (Å²) in [4.78, 5) is 50.8. The van der Waals surface area contributed by atoms with Gasteiger partial charge in [-0.15, -0.1) is 0 Å². The molecule has 6 atom stereocenters. The summed E-state index contributed by atoms with van der Waals surface area (Å²) in [5.74, 6) is -9.03. The van der Waals surface area contributed by atoms with Crippen LogP contribution in [0.5, 0.6) is 0 Å². The van der Waals surface area contributed by atoms with Crippen LogP contribution in [0.15, 0.2) is 0 Å². The van der Waals surface area contributed by atoms with Crippen LogP contribution in [-0.2, 0) is 53.0 Å². The largest absolute Gasteiger partial charge is 0.465 e. The number of carbonyl (C=O) groups excluding carboxylic acids is 4. The lowest BCUT2D eigenvalue weighted by atomic mass is 9.50. The number of alkyl halides is 4. The number of halogens is 4. The summed E-state index contributed by atoms with van der Waals surface area (Å²) in [6.07, 6.45) is -2.14. The second kappa shape index (κ2) is 10.5. The Hall–Kier alpha value is -2.53. The van der Waals surface area contributed by atoms with Gasteiger partial charge in [-0.25, -0.2) is 0 Å². The number of hydrogen-bond donors (Lipinski definition) is 1. The number of esters is 4. The molecule has 44 heavy (non-hydrogen) atoms. The fourth-order valence-corrected chi connectivity index (χ4v) is 8.90. The standard InChI is InChI=1S/C27H32F4O12S/c1-25(13-7-11-6-12(9-13)10-14(25)8-11)43-24(35)18-17-19-22(42-23(17)34)21(20(18)41-19)40-16(33)3-2-15(32)39-5-4-26(28,29)27(30,31)44(36,37)38/h11-14,17-22H,2-10H2,1H3,(H,36,37,38). The lowest BCUT2D eigenvalue weighted by Gasteiger charge is -2.59. The molecule has 12 nitrogen and oxygen atoms in total. The Kier molecular flexibility index (Phi) is 7.51. The highest BCUT2D eigenvalue weighted by molar-refractivity contribution is 7.87. The minimum Gasteiger partial charge on any atom is -0.465 e. The lowest BCUT2D eigenvalue weighted by molar-refractivity contribution is -0.210. The molecule has 3 aliphatic heterocycles. The van der Waals surface area contributed by atoms with Crippen molar-refractivity contribution in [1.29, 1.82) is 0 Å². The summed E-state index contributed by atoms with van der Waals surface area (Å²) >= 11 is 0. The third-order valence-electron chi connectivity index (χ3n) is 10.5. The zero-order valence-corrected chi connectivity index (χ0v) is 24.3. The Labute approximate surface area is 249 Å². The molecule has 0 aromatic heterocycles. The van der Waals surface area contributed by atoms with Crippen LogP contribution in [0.4, 0.5) is 17.6 Å². The first-order valence-electron chi connectivity index (χ1n) is 14.6. The van der Waals surface area contributed by atoms with E-state index in [2.05, 4.69) is 4.74 Å². The van der Waals surface area contributed by atoms with Crippen LogP contribution < -0.4 is 0 Å². The maximum Gasteiger partial charge on any atom is 0.431 e. The van der Waals surface area contributed by atoms with Crippen molar-refractivity contribution in [3.63, 3.8) is 0 Å². The van der Waals surface area contributed by atoms with Crippen LogP contribution >= 0.6 is 0 Å². The third-order valence-corrected chi connectivity index (χ3v) is 11.4. The van der Waals surface area contributed by atoms with Crippen molar-refractivity contribution in [2.45, 2.75) is 99.5 Å². The van der Waals surface area contributed by atoms with E-state index < -0.39 is 113 Å². The Bertz CT molecular complexity index is 1320.